The fourth-order valence-corrected chi connectivity index (χ4v) is 2.89. The van der Waals surface area contributed by atoms with Crippen molar-refractivity contribution in [2.45, 2.75) is 58.2 Å². The molecular formula is C12H24N2O. The molecule has 0 spiro atoms. The van der Waals surface area contributed by atoms with Crippen molar-refractivity contribution < 1.29 is 4.79 Å². The molecule has 3 nitrogen and oxygen atoms in total. The molecule has 0 bridgehead atoms. The maximum atomic E-state index is 11.5. The van der Waals surface area contributed by atoms with Crippen molar-refractivity contribution in [2.75, 3.05) is 7.05 Å². The van der Waals surface area contributed by atoms with E-state index in [0.717, 1.165) is 19.3 Å². The van der Waals surface area contributed by atoms with Gasteiger partial charge in [-0.05, 0) is 32.7 Å². The van der Waals surface area contributed by atoms with Crippen LogP contribution in [0.2, 0.25) is 0 Å². The molecule has 15 heavy (non-hydrogen) atoms. The van der Waals surface area contributed by atoms with E-state index < -0.39 is 0 Å². The summed E-state index contributed by atoms with van der Waals surface area (Å²) in [5.41, 5.74) is 6.14. The largest absolute Gasteiger partial charge is 0.326 e. The molecule has 0 aromatic heterocycles. The lowest BCUT2D eigenvalue weighted by atomic mass is 9.90. The molecule has 0 aromatic carbocycles. The van der Waals surface area contributed by atoms with Crippen LogP contribution >= 0.6 is 0 Å². The van der Waals surface area contributed by atoms with Crippen LogP contribution in [0.3, 0.4) is 0 Å². The summed E-state index contributed by atoms with van der Waals surface area (Å²) in [6, 6.07) is 0.677. The maximum absolute atomic E-state index is 11.5. The van der Waals surface area contributed by atoms with Gasteiger partial charge in [-0.15, -0.1) is 0 Å². The van der Waals surface area contributed by atoms with E-state index >= 15 is 0 Å². The smallest absolute Gasteiger partial charge is 0.146 e. The molecule has 0 aliphatic carbocycles. The number of nitrogens with two attached hydrogens (primary N) is 1. The summed E-state index contributed by atoms with van der Waals surface area (Å²) < 4.78 is 0. The number of ketones is 1. The van der Waals surface area contributed by atoms with Gasteiger partial charge in [-0.3, -0.25) is 9.69 Å². The summed E-state index contributed by atoms with van der Waals surface area (Å²) in [5.74, 6) is 0.862. The van der Waals surface area contributed by atoms with Gasteiger partial charge in [-0.25, -0.2) is 0 Å². The van der Waals surface area contributed by atoms with Crippen LogP contribution in [0.25, 0.3) is 0 Å². The van der Waals surface area contributed by atoms with Gasteiger partial charge >= 0.3 is 0 Å². The second-order valence-electron chi connectivity index (χ2n) is 4.76. The minimum Gasteiger partial charge on any atom is -0.326 e. The van der Waals surface area contributed by atoms with Crippen LogP contribution < -0.4 is 5.73 Å². The quantitative estimate of drug-likeness (QED) is 0.766. The van der Waals surface area contributed by atoms with E-state index in [9.17, 15) is 4.79 Å². The molecule has 1 aliphatic heterocycles. The maximum Gasteiger partial charge on any atom is 0.146 e. The van der Waals surface area contributed by atoms with E-state index in [0.29, 0.717) is 12.0 Å². The average molecular weight is 212 g/mol. The lowest BCUT2D eigenvalue weighted by molar-refractivity contribution is -0.121. The standard InChI is InChI=1S/C12H24N2O/c1-5-9-7-11(8(3)15)14(4)12(9)10(13)6-2/h9-12H,5-7,13H2,1-4H3/t9-,10?,11-,12-/m1/s1. The Balaban J connectivity index is 2.80. The zero-order valence-corrected chi connectivity index (χ0v) is 10.4. The highest BCUT2D eigenvalue weighted by atomic mass is 16.1. The molecule has 1 fully saturated rings. The average Bonchev–Trinajstić information content (AvgIpc) is 2.54. The zero-order valence-electron chi connectivity index (χ0n) is 10.4. The van der Waals surface area contributed by atoms with E-state index in [1.165, 1.54) is 0 Å². The number of carbonyl (C=O) groups excluding carboxylic acids is 1. The molecule has 2 N–H and O–H groups in total. The lowest BCUT2D eigenvalue weighted by Gasteiger charge is -2.31. The van der Waals surface area contributed by atoms with Gasteiger partial charge < -0.3 is 5.73 Å². The minimum absolute atomic E-state index is 0.0950. The van der Waals surface area contributed by atoms with Crippen molar-refractivity contribution >= 4 is 5.78 Å². The van der Waals surface area contributed by atoms with E-state index in [2.05, 4.69) is 18.7 Å². The molecule has 4 atom stereocenters. The van der Waals surface area contributed by atoms with Crippen LogP contribution in [-0.4, -0.2) is 35.9 Å². The number of carbonyl (C=O) groups is 1. The molecule has 0 amide bonds. The van der Waals surface area contributed by atoms with Crippen LogP contribution in [0.4, 0.5) is 0 Å². The van der Waals surface area contributed by atoms with E-state index in [4.69, 9.17) is 5.73 Å². The predicted molar refractivity (Wildman–Crippen MR) is 62.7 cm³/mol. The lowest BCUT2D eigenvalue weighted by Crippen LogP contribution is -2.48. The van der Waals surface area contributed by atoms with Crippen molar-refractivity contribution in [3.63, 3.8) is 0 Å². The molecule has 88 valence electrons. The van der Waals surface area contributed by atoms with E-state index in [1.54, 1.807) is 6.92 Å². The Morgan fingerprint density at radius 2 is 2.13 bits per heavy atom. The van der Waals surface area contributed by atoms with Crippen molar-refractivity contribution in [1.82, 2.24) is 4.90 Å². The molecule has 3 heteroatoms. The summed E-state index contributed by atoms with van der Waals surface area (Å²) >= 11 is 0. The fraction of sp³-hybridized carbons (Fsp3) is 0.917. The third-order valence-corrected chi connectivity index (χ3v) is 3.87. The number of likely N-dealkylation sites (N-methyl/N-ethyl adjacent to an activating group) is 1. The van der Waals surface area contributed by atoms with E-state index in [1.807, 2.05) is 7.05 Å². The first kappa shape index (κ1) is 12.7. The number of likely N-dealkylation sites (tertiary alicyclic amines) is 1. The van der Waals surface area contributed by atoms with Crippen molar-refractivity contribution in [3.8, 4) is 0 Å². The van der Waals surface area contributed by atoms with Crippen LogP contribution in [0.15, 0.2) is 0 Å². The molecule has 1 unspecified atom stereocenters. The number of Topliss-reactive ketones (excluding diaryl/α,β-unsaturated/α-hetero) is 1. The molecule has 0 radical (unpaired) electrons. The second-order valence-corrected chi connectivity index (χ2v) is 4.76. The van der Waals surface area contributed by atoms with Gasteiger partial charge in [0, 0.05) is 12.1 Å². The molecule has 1 saturated heterocycles. The van der Waals surface area contributed by atoms with Gasteiger partial charge in [0.15, 0.2) is 0 Å². The summed E-state index contributed by atoms with van der Waals surface area (Å²) in [5, 5.41) is 0. The first-order chi connectivity index (χ1) is 7.02. The van der Waals surface area contributed by atoms with E-state index in [-0.39, 0.29) is 17.9 Å². The fourth-order valence-electron chi connectivity index (χ4n) is 2.89. The Hall–Kier alpha value is -0.410. The molecule has 1 heterocycles. The van der Waals surface area contributed by atoms with Gasteiger partial charge in [0.2, 0.25) is 0 Å². The highest BCUT2D eigenvalue weighted by Crippen LogP contribution is 2.33. The molecule has 1 rings (SSSR count). The van der Waals surface area contributed by atoms with Crippen molar-refractivity contribution in [1.29, 1.82) is 0 Å². The predicted octanol–water partition coefficient (Wildman–Crippen LogP) is 1.41. The molecule has 1 aliphatic rings. The number of hydrogen-bond donors (Lipinski definition) is 1. The second kappa shape index (κ2) is 5.08. The van der Waals surface area contributed by atoms with Gasteiger partial charge in [-0.2, -0.15) is 0 Å². The highest BCUT2D eigenvalue weighted by Gasteiger charge is 2.42. The normalized spacial score (nSPS) is 34.3. The summed E-state index contributed by atoms with van der Waals surface area (Å²) in [4.78, 5) is 13.7. The Bertz CT molecular complexity index is 230. The first-order valence-electron chi connectivity index (χ1n) is 6.00. The first-order valence-corrected chi connectivity index (χ1v) is 6.00. The monoisotopic (exact) mass is 212 g/mol. The number of rotatable bonds is 4. The summed E-state index contributed by atoms with van der Waals surface area (Å²) in [6.45, 7) is 6.00. The topological polar surface area (TPSA) is 46.3 Å². The van der Waals surface area contributed by atoms with Crippen LogP contribution in [0.1, 0.15) is 40.0 Å². The summed E-state index contributed by atoms with van der Waals surface area (Å²) in [6.07, 6.45) is 3.09. The number of hydrogen-bond acceptors (Lipinski definition) is 3. The Morgan fingerprint density at radius 1 is 1.53 bits per heavy atom. The third kappa shape index (κ3) is 2.40. The zero-order chi connectivity index (χ0) is 11.6. The van der Waals surface area contributed by atoms with Crippen molar-refractivity contribution in [3.05, 3.63) is 0 Å². The van der Waals surface area contributed by atoms with Gasteiger partial charge in [0.1, 0.15) is 5.78 Å². The van der Waals surface area contributed by atoms with Gasteiger partial charge in [-0.1, -0.05) is 20.3 Å². The molecule has 0 saturated carbocycles. The van der Waals surface area contributed by atoms with Crippen LogP contribution in [0.5, 0.6) is 0 Å². The number of nitrogens with zero attached hydrogens (tertiary/aromatic N) is 1. The van der Waals surface area contributed by atoms with Crippen LogP contribution in [0, 0.1) is 5.92 Å². The molecular weight excluding hydrogens is 188 g/mol. The Labute approximate surface area is 93.0 Å². The van der Waals surface area contributed by atoms with Crippen molar-refractivity contribution in [2.24, 2.45) is 11.7 Å². The van der Waals surface area contributed by atoms with Gasteiger partial charge in [0.25, 0.3) is 0 Å². The van der Waals surface area contributed by atoms with Gasteiger partial charge in [0.05, 0.1) is 6.04 Å². The highest BCUT2D eigenvalue weighted by molar-refractivity contribution is 5.81. The SMILES string of the molecule is CCC(N)[C@H]1[C@H](CC)C[C@H](C(C)=O)N1C. The Kier molecular flexibility index (Phi) is 4.29. The third-order valence-electron chi connectivity index (χ3n) is 3.87. The summed E-state index contributed by atoms with van der Waals surface area (Å²) in [7, 11) is 2.04. The molecule has 0 aromatic rings. The van der Waals surface area contributed by atoms with Crippen LogP contribution in [-0.2, 0) is 4.79 Å². The Morgan fingerprint density at radius 3 is 2.53 bits per heavy atom. The minimum atomic E-state index is 0.0950.